The fourth-order valence-corrected chi connectivity index (χ4v) is 4.99. The summed E-state index contributed by atoms with van der Waals surface area (Å²) < 4.78 is 6.36. The van der Waals surface area contributed by atoms with Crippen molar-refractivity contribution in [3.8, 4) is 0 Å². The Labute approximate surface area is 210 Å². The summed E-state index contributed by atoms with van der Waals surface area (Å²) in [6, 6.07) is 19.1. The molecule has 2 aromatic carbocycles. The topological polar surface area (TPSA) is 63.6 Å². The van der Waals surface area contributed by atoms with Gasteiger partial charge in [-0.05, 0) is 54.7 Å². The van der Waals surface area contributed by atoms with Gasteiger partial charge < -0.3 is 9.84 Å². The fourth-order valence-electron chi connectivity index (χ4n) is 4.99. The smallest absolute Gasteiger partial charge is 0.303 e. The van der Waals surface area contributed by atoms with E-state index < -0.39 is 5.97 Å². The molecule has 0 radical (unpaired) electrons. The summed E-state index contributed by atoms with van der Waals surface area (Å²) in [5.41, 5.74) is 3.63. The maximum Gasteiger partial charge on any atom is 0.303 e. The Bertz CT molecular complexity index is 932. The lowest BCUT2D eigenvalue weighted by Gasteiger charge is -2.21. The average molecular weight is 477 g/mol. The molecule has 1 fully saturated rings. The van der Waals surface area contributed by atoms with Crippen molar-refractivity contribution in [1.82, 2.24) is 0 Å². The number of ketones is 1. The van der Waals surface area contributed by atoms with Crippen molar-refractivity contribution in [2.45, 2.75) is 89.8 Å². The maximum atomic E-state index is 12.6. The normalized spacial score (nSPS) is 18.8. The number of rotatable bonds is 15. The lowest BCUT2D eigenvalue weighted by atomic mass is 9.85. The zero-order valence-electron chi connectivity index (χ0n) is 21.0. The van der Waals surface area contributed by atoms with Crippen LogP contribution in [-0.4, -0.2) is 16.9 Å². The molecule has 3 rings (SSSR count). The molecule has 1 N–H and O–H groups in total. The molecule has 0 spiro atoms. The second-order valence-electron chi connectivity index (χ2n) is 9.66. The predicted molar refractivity (Wildman–Crippen MR) is 140 cm³/mol. The van der Waals surface area contributed by atoms with E-state index in [2.05, 4.69) is 49.4 Å². The third-order valence-electron chi connectivity index (χ3n) is 7.02. The van der Waals surface area contributed by atoms with E-state index >= 15 is 0 Å². The monoisotopic (exact) mass is 476 g/mol. The van der Waals surface area contributed by atoms with E-state index in [1.807, 2.05) is 24.3 Å². The summed E-state index contributed by atoms with van der Waals surface area (Å²) in [5.74, 6) is -0.140. The number of carbonyl (C=O) groups is 2. The van der Waals surface area contributed by atoms with Gasteiger partial charge in [-0.3, -0.25) is 9.59 Å². The van der Waals surface area contributed by atoms with Crippen LogP contribution in [0.5, 0.6) is 0 Å². The Morgan fingerprint density at radius 2 is 1.83 bits per heavy atom. The van der Waals surface area contributed by atoms with Crippen LogP contribution in [0, 0.1) is 5.92 Å². The number of Topliss-reactive ketones (excluding diaryl/α,β-unsaturated/α-hetero) is 1. The van der Waals surface area contributed by atoms with Crippen LogP contribution in [-0.2, 0) is 20.9 Å². The molecule has 188 valence electrons. The first-order valence-electron chi connectivity index (χ1n) is 13.2. The van der Waals surface area contributed by atoms with Gasteiger partial charge >= 0.3 is 5.97 Å². The van der Waals surface area contributed by atoms with Gasteiger partial charge in [-0.1, -0.05) is 92.9 Å². The largest absolute Gasteiger partial charge is 0.481 e. The number of unbranched alkanes of at least 4 members (excludes halogenated alkanes) is 3. The lowest BCUT2D eigenvalue weighted by molar-refractivity contribution is -0.137. The van der Waals surface area contributed by atoms with Crippen molar-refractivity contribution in [3.63, 3.8) is 0 Å². The highest BCUT2D eigenvalue weighted by Gasteiger charge is 2.34. The molecule has 0 amide bonds. The van der Waals surface area contributed by atoms with Crippen molar-refractivity contribution in [2.75, 3.05) is 0 Å². The maximum absolute atomic E-state index is 12.6. The zero-order chi connectivity index (χ0) is 24.9. The first-order valence-corrected chi connectivity index (χ1v) is 13.2. The highest BCUT2D eigenvalue weighted by atomic mass is 16.5. The van der Waals surface area contributed by atoms with Crippen molar-refractivity contribution in [2.24, 2.45) is 5.92 Å². The molecule has 4 heteroatoms. The van der Waals surface area contributed by atoms with Crippen LogP contribution < -0.4 is 0 Å². The van der Waals surface area contributed by atoms with Crippen molar-refractivity contribution in [1.29, 1.82) is 0 Å². The Morgan fingerprint density at radius 1 is 1.06 bits per heavy atom. The van der Waals surface area contributed by atoms with E-state index in [4.69, 9.17) is 9.84 Å². The minimum Gasteiger partial charge on any atom is -0.481 e. The number of hydrogen-bond acceptors (Lipinski definition) is 3. The first-order chi connectivity index (χ1) is 17.1. The Kier molecular flexibility index (Phi) is 11.2. The van der Waals surface area contributed by atoms with E-state index in [1.54, 1.807) is 0 Å². The number of ether oxygens (including phenoxy) is 1. The molecule has 0 bridgehead atoms. The van der Waals surface area contributed by atoms with Crippen molar-refractivity contribution >= 4 is 11.8 Å². The Morgan fingerprint density at radius 3 is 2.54 bits per heavy atom. The molecule has 4 nitrogen and oxygen atoms in total. The van der Waals surface area contributed by atoms with Gasteiger partial charge in [0.25, 0.3) is 0 Å². The number of hydrogen-bond donors (Lipinski definition) is 1. The van der Waals surface area contributed by atoms with E-state index in [-0.39, 0.29) is 24.4 Å². The summed E-state index contributed by atoms with van der Waals surface area (Å²) >= 11 is 0. The molecule has 1 saturated carbocycles. The van der Waals surface area contributed by atoms with Gasteiger partial charge in [0.2, 0.25) is 0 Å². The van der Waals surface area contributed by atoms with Gasteiger partial charge in [0.1, 0.15) is 5.78 Å². The summed E-state index contributed by atoms with van der Waals surface area (Å²) in [6.07, 6.45) is 12.6. The molecule has 0 saturated heterocycles. The second-order valence-corrected chi connectivity index (χ2v) is 9.66. The van der Waals surface area contributed by atoms with E-state index in [1.165, 1.54) is 29.5 Å². The number of carbonyl (C=O) groups excluding carboxylic acids is 1. The van der Waals surface area contributed by atoms with E-state index in [9.17, 15) is 9.59 Å². The van der Waals surface area contributed by atoms with Gasteiger partial charge in [0.15, 0.2) is 0 Å². The van der Waals surface area contributed by atoms with Gasteiger partial charge in [-0.2, -0.15) is 0 Å². The Hall–Kier alpha value is -2.72. The molecule has 35 heavy (non-hydrogen) atoms. The quantitative estimate of drug-likeness (QED) is 0.210. The molecule has 1 unspecified atom stereocenters. The highest BCUT2D eigenvalue weighted by molar-refractivity contribution is 5.84. The van der Waals surface area contributed by atoms with Crippen LogP contribution in [0.2, 0.25) is 0 Å². The molecule has 3 atom stereocenters. The van der Waals surface area contributed by atoms with Crippen molar-refractivity contribution in [3.05, 3.63) is 83.4 Å². The number of aliphatic carboxylic acids is 1. The van der Waals surface area contributed by atoms with Gasteiger partial charge in [-0.25, -0.2) is 0 Å². The van der Waals surface area contributed by atoms with Crippen LogP contribution in [0.25, 0.3) is 0 Å². The van der Waals surface area contributed by atoms with E-state index in [0.717, 1.165) is 32.1 Å². The summed E-state index contributed by atoms with van der Waals surface area (Å²) in [4.78, 5) is 23.2. The van der Waals surface area contributed by atoms with Crippen LogP contribution in [0.1, 0.15) is 99.8 Å². The van der Waals surface area contributed by atoms with Gasteiger partial charge in [0.05, 0.1) is 12.7 Å². The van der Waals surface area contributed by atoms with E-state index in [0.29, 0.717) is 25.2 Å². The molecule has 0 aromatic heterocycles. The number of carboxylic acids is 1. The van der Waals surface area contributed by atoms with Crippen LogP contribution in [0.4, 0.5) is 0 Å². The minimum atomic E-state index is -0.758. The lowest BCUT2D eigenvalue weighted by Crippen LogP contribution is -2.13. The highest BCUT2D eigenvalue weighted by Crippen LogP contribution is 2.40. The second kappa shape index (κ2) is 14.6. The number of allylic oxidation sites excluding steroid dienone is 2. The summed E-state index contributed by atoms with van der Waals surface area (Å²) in [6.45, 7) is 2.83. The summed E-state index contributed by atoms with van der Waals surface area (Å²) in [7, 11) is 0. The minimum absolute atomic E-state index is 0.0197. The van der Waals surface area contributed by atoms with Crippen molar-refractivity contribution < 1.29 is 19.4 Å². The molecule has 0 heterocycles. The number of benzene rings is 2. The first kappa shape index (κ1) is 26.9. The Balaban J connectivity index is 1.61. The van der Waals surface area contributed by atoms with Crippen LogP contribution >= 0.6 is 0 Å². The summed E-state index contributed by atoms with van der Waals surface area (Å²) in [5, 5.41) is 8.75. The fraction of sp³-hybridized carbons (Fsp3) is 0.484. The van der Waals surface area contributed by atoms with Crippen LogP contribution in [0.3, 0.4) is 0 Å². The van der Waals surface area contributed by atoms with Crippen LogP contribution in [0.15, 0.2) is 66.7 Å². The zero-order valence-corrected chi connectivity index (χ0v) is 21.0. The molecule has 2 aromatic rings. The standard InChI is InChI=1S/C31H40O4/c1-2-3-7-15-30(35-23-24-12-8-6-9-13-24)26-19-17-25(18-20-26)27-21-22-29(32)28(27)14-10-4-5-11-16-31(33)34/h4,6,8-10,12-13,17-20,27-28,30H,2-3,5,7,11,14-16,21-23H2,1H3,(H,33,34)/b10-4+/t27-,28-,30?/m1/s1. The molecule has 0 aliphatic heterocycles. The molecule has 1 aliphatic rings. The molecule has 1 aliphatic carbocycles. The van der Waals surface area contributed by atoms with Gasteiger partial charge in [-0.15, -0.1) is 0 Å². The SMILES string of the molecule is CCCCCC(OCc1ccccc1)c1ccc([C@H]2CCC(=O)[C@@H]2C/C=C/CCCC(=O)O)cc1. The molecular formula is C31H40O4. The predicted octanol–water partition coefficient (Wildman–Crippen LogP) is 7.79. The number of carboxylic acid groups (broad SMARTS) is 1. The third kappa shape index (κ3) is 8.78. The molecular weight excluding hydrogens is 436 g/mol. The average Bonchev–Trinajstić information content (AvgIpc) is 3.24. The van der Waals surface area contributed by atoms with Gasteiger partial charge in [0, 0.05) is 18.8 Å². The third-order valence-corrected chi connectivity index (χ3v) is 7.02.